The maximum Gasteiger partial charge on any atom is 0.337 e. The van der Waals surface area contributed by atoms with Gasteiger partial charge in [-0.05, 0) is 43.4 Å². The van der Waals surface area contributed by atoms with Gasteiger partial charge in [0.2, 0.25) is 0 Å². The van der Waals surface area contributed by atoms with E-state index in [0.717, 1.165) is 6.42 Å². The first-order valence-corrected chi connectivity index (χ1v) is 6.76. The number of anilines is 1. The van der Waals surface area contributed by atoms with Crippen LogP contribution in [0.25, 0.3) is 0 Å². The quantitative estimate of drug-likeness (QED) is 0.672. The van der Waals surface area contributed by atoms with E-state index in [4.69, 9.17) is 10.5 Å². The average Bonchev–Trinajstić information content (AvgIpc) is 2.42. The van der Waals surface area contributed by atoms with Gasteiger partial charge in [-0.25, -0.2) is 4.79 Å². The summed E-state index contributed by atoms with van der Waals surface area (Å²) in [6.07, 6.45) is 4.97. The lowest BCUT2D eigenvalue weighted by Gasteiger charge is -2.29. The Bertz CT molecular complexity index is 459. The number of rotatable bonds is 3. The molecule has 1 aliphatic carbocycles. The molecule has 2 rings (SSSR count). The molecule has 2 unspecified atom stereocenters. The van der Waals surface area contributed by atoms with E-state index in [0.29, 0.717) is 22.9 Å². The van der Waals surface area contributed by atoms with Crippen molar-refractivity contribution in [3.05, 3.63) is 23.8 Å². The Hall–Kier alpha value is -1.71. The first kappa shape index (κ1) is 13.7. The monoisotopic (exact) mass is 263 g/mol. The van der Waals surface area contributed by atoms with Crippen LogP contribution in [0.4, 0.5) is 5.69 Å². The molecule has 0 radical (unpaired) electrons. The zero-order valence-corrected chi connectivity index (χ0v) is 11.5. The van der Waals surface area contributed by atoms with Gasteiger partial charge in [0.05, 0.1) is 18.4 Å². The third-order valence-electron chi connectivity index (χ3n) is 3.74. The first-order chi connectivity index (χ1) is 9.11. The summed E-state index contributed by atoms with van der Waals surface area (Å²) in [6, 6.07) is 5.04. The van der Waals surface area contributed by atoms with E-state index in [9.17, 15) is 4.79 Å². The summed E-state index contributed by atoms with van der Waals surface area (Å²) >= 11 is 0. The van der Waals surface area contributed by atoms with Crippen molar-refractivity contribution in [2.45, 2.75) is 38.7 Å². The van der Waals surface area contributed by atoms with Crippen LogP contribution < -0.4 is 10.5 Å². The van der Waals surface area contributed by atoms with E-state index in [2.05, 4.69) is 11.7 Å². The van der Waals surface area contributed by atoms with Crippen LogP contribution in [0.1, 0.15) is 43.0 Å². The van der Waals surface area contributed by atoms with Crippen molar-refractivity contribution < 1.29 is 14.3 Å². The number of esters is 1. The minimum absolute atomic E-state index is 0.222. The molecule has 104 valence electrons. The van der Waals surface area contributed by atoms with Crippen molar-refractivity contribution in [3.63, 3.8) is 0 Å². The molecular formula is C15H21NO3. The molecule has 0 aromatic heterocycles. The average molecular weight is 263 g/mol. The second kappa shape index (κ2) is 5.95. The van der Waals surface area contributed by atoms with Crippen LogP contribution in [0, 0.1) is 5.92 Å². The van der Waals surface area contributed by atoms with E-state index in [1.54, 1.807) is 18.2 Å². The third kappa shape index (κ3) is 3.19. The molecule has 2 atom stereocenters. The molecule has 4 nitrogen and oxygen atoms in total. The van der Waals surface area contributed by atoms with Gasteiger partial charge in [0.25, 0.3) is 0 Å². The number of nitrogens with two attached hydrogens (primary N) is 1. The normalized spacial score (nSPS) is 22.8. The molecule has 0 amide bonds. The van der Waals surface area contributed by atoms with Crippen LogP contribution in [0.15, 0.2) is 18.2 Å². The Balaban J connectivity index is 2.10. The maximum atomic E-state index is 11.4. The third-order valence-corrected chi connectivity index (χ3v) is 3.74. The summed E-state index contributed by atoms with van der Waals surface area (Å²) < 4.78 is 10.7. The highest BCUT2D eigenvalue weighted by molar-refractivity contribution is 5.90. The van der Waals surface area contributed by atoms with Crippen molar-refractivity contribution in [3.8, 4) is 5.75 Å². The Kier molecular flexibility index (Phi) is 4.30. The number of carbonyl (C=O) groups excluding carboxylic acids is 1. The lowest BCUT2D eigenvalue weighted by molar-refractivity contribution is 0.0600. The zero-order chi connectivity index (χ0) is 13.8. The lowest BCUT2D eigenvalue weighted by Crippen LogP contribution is -2.28. The van der Waals surface area contributed by atoms with Crippen LogP contribution in [0.2, 0.25) is 0 Å². The Labute approximate surface area is 113 Å². The van der Waals surface area contributed by atoms with Crippen molar-refractivity contribution in [2.24, 2.45) is 5.92 Å². The van der Waals surface area contributed by atoms with Crippen LogP contribution in [-0.4, -0.2) is 19.2 Å². The van der Waals surface area contributed by atoms with E-state index in [1.807, 2.05) is 0 Å². The molecule has 1 aliphatic rings. The number of methoxy groups -OCH3 is 1. The number of hydrogen-bond donors (Lipinski definition) is 1. The minimum Gasteiger partial charge on any atom is -0.488 e. The summed E-state index contributed by atoms with van der Waals surface area (Å²) in [5.74, 6) is 0.823. The number of hydrogen-bond acceptors (Lipinski definition) is 4. The van der Waals surface area contributed by atoms with Crippen LogP contribution in [-0.2, 0) is 4.74 Å². The van der Waals surface area contributed by atoms with Crippen LogP contribution in [0.3, 0.4) is 0 Å². The molecule has 0 aliphatic heterocycles. The summed E-state index contributed by atoms with van der Waals surface area (Å²) in [7, 11) is 1.35. The second-order valence-electron chi connectivity index (χ2n) is 5.16. The molecule has 1 aromatic rings. The van der Waals surface area contributed by atoms with Gasteiger partial charge in [0, 0.05) is 0 Å². The topological polar surface area (TPSA) is 61.5 Å². The number of carbonyl (C=O) groups is 1. The first-order valence-electron chi connectivity index (χ1n) is 6.76. The molecular weight excluding hydrogens is 242 g/mol. The van der Waals surface area contributed by atoms with Crippen molar-refractivity contribution in [1.29, 1.82) is 0 Å². The summed E-state index contributed by atoms with van der Waals surface area (Å²) in [6.45, 7) is 2.21. The van der Waals surface area contributed by atoms with Gasteiger partial charge in [-0.3, -0.25) is 0 Å². The van der Waals surface area contributed by atoms with Gasteiger partial charge in [-0.15, -0.1) is 0 Å². The molecule has 4 heteroatoms. The molecule has 19 heavy (non-hydrogen) atoms. The van der Waals surface area contributed by atoms with Gasteiger partial charge in [0.1, 0.15) is 11.9 Å². The highest BCUT2D eigenvalue weighted by Gasteiger charge is 2.23. The van der Waals surface area contributed by atoms with Gasteiger partial charge in [0.15, 0.2) is 0 Å². The number of nitrogen functional groups attached to an aromatic ring is 1. The Morgan fingerprint density at radius 3 is 2.68 bits per heavy atom. The predicted molar refractivity (Wildman–Crippen MR) is 74.2 cm³/mol. The smallest absolute Gasteiger partial charge is 0.337 e. The van der Waals surface area contributed by atoms with Gasteiger partial charge >= 0.3 is 5.97 Å². The zero-order valence-electron chi connectivity index (χ0n) is 11.5. The van der Waals surface area contributed by atoms with Crippen LogP contribution >= 0.6 is 0 Å². The summed E-state index contributed by atoms with van der Waals surface area (Å²) in [5, 5.41) is 0. The molecule has 2 N–H and O–H groups in total. The molecule has 0 heterocycles. The van der Waals surface area contributed by atoms with Crippen LogP contribution in [0.5, 0.6) is 5.75 Å². The fourth-order valence-corrected chi connectivity index (χ4v) is 2.52. The number of benzene rings is 1. The fourth-order valence-electron chi connectivity index (χ4n) is 2.52. The highest BCUT2D eigenvalue weighted by Crippen LogP contribution is 2.31. The molecule has 1 saturated carbocycles. The maximum absolute atomic E-state index is 11.4. The van der Waals surface area contributed by atoms with Crippen molar-refractivity contribution in [2.75, 3.05) is 12.8 Å². The van der Waals surface area contributed by atoms with Crippen molar-refractivity contribution in [1.82, 2.24) is 0 Å². The molecule has 0 bridgehead atoms. The van der Waals surface area contributed by atoms with E-state index in [-0.39, 0.29) is 12.1 Å². The van der Waals surface area contributed by atoms with E-state index in [1.165, 1.54) is 26.4 Å². The highest BCUT2D eigenvalue weighted by atomic mass is 16.5. The number of ether oxygens (including phenoxy) is 2. The van der Waals surface area contributed by atoms with E-state index >= 15 is 0 Å². The Morgan fingerprint density at radius 2 is 2.05 bits per heavy atom. The molecule has 1 aromatic carbocycles. The largest absolute Gasteiger partial charge is 0.488 e. The molecule has 0 spiro atoms. The SMILES string of the molecule is COC(=O)c1ccc(OC2CCCCC2C)c(N)c1. The second-order valence-corrected chi connectivity index (χ2v) is 5.16. The molecule has 0 saturated heterocycles. The lowest BCUT2D eigenvalue weighted by atomic mass is 9.88. The van der Waals surface area contributed by atoms with Gasteiger partial charge in [-0.2, -0.15) is 0 Å². The standard InChI is InChI=1S/C15H21NO3/c1-10-5-3-4-6-13(10)19-14-8-7-11(9-12(14)16)15(17)18-2/h7-10,13H,3-6,16H2,1-2H3. The minimum atomic E-state index is -0.385. The van der Waals surface area contributed by atoms with Crippen molar-refractivity contribution >= 4 is 11.7 Å². The van der Waals surface area contributed by atoms with Gasteiger partial charge < -0.3 is 15.2 Å². The fraction of sp³-hybridized carbons (Fsp3) is 0.533. The van der Waals surface area contributed by atoms with E-state index < -0.39 is 0 Å². The Morgan fingerprint density at radius 1 is 1.32 bits per heavy atom. The summed E-state index contributed by atoms with van der Waals surface area (Å²) in [4.78, 5) is 11.4. The summed E-state index contributed by atoms with van der Waals surface area (Å²) in [5.41, 5.74) is 6.88. The predicted octanol–water partition coefficient (Wildman–Crippen LogP) is 3.01. The van der Waals surface area contributed by atoms with Gasteiger partial charge in [-0.1, -0.05) is 13.3 Å². The molecule has 1 fully saturated rings.